The summed E-state index contributed by atoms with van der Waals surface area (Å²) in [6, 6.07) is 15.1. The van der Waals surface area contributed by atoms with E-state index in [-0.39, 0.29) is 11.4 Å². The Balaban J connectivity index is 2.42. The average Bonchev–Trinajstić information content (AvgIpc) is 2.79. The molecule has 35 heavy (non-hydrogen) atoms. The van der Waals surface area contributed by atoms with Crippen molar-refractivity contribution in [3.63, 3.8) is 0 Å². The Hall–Kier alpha value is -2.78. The lowest BCUT2D eigenvalue weighted by atomic mass is 10.00. The first-order valence-corrected chi connectivity index (χ1v) is 11.1. The van der Waals surface area contributed by atoms with Gasteiger partial charge >= 0.3 is 12.4 Å². The molecule has 0 atom stereocenters. The van der Waals surface area contributed by atoms with Crippen LogP contribution in [0.1, 0.15) is 11.1 Å². The lowest BCUT2D eigenvalue weighted by molar-refractivity contribution is -0.122. The lowest BCUT2D eigenvalue weighted by Crippen LogP contribution is -2.40. The van der Waals surface area contributed by atoms with Gasteiger partial charge in [0.15, 0.2) is 10.2 Å². The van der Waals surface area contributed by atoms with E-state index in [1.807, 2.05) is 10.6 Å². The van der Waals surface area contributed by atoms with Gasteiger partial charge in [-0.2, -0.15) is 36.5 Å². The first kappa shape index (κ1) is 28.5. The topological polar surface area (TPSA) is 72.8 Å². The molecular formula is C20H17BrF6N6S2. The molecular weight excluding hydrogens is 582 g/mol. The summed E-state index contributed by atoms with van der Waals surface area (Å²) in [5, 5.41) is 11.4. The zero-order valence-corrected chi connectivity index (χ0v) is 20.7. The van der Waals surface area contributed by atoms with Crippen molar-refractivity contribution in [3.8, 4) is 0 Å². The number of benzene rings is 2. The van der Waals surface area contributed by atoms with E-state index in [1.54, 1.807) is 54.6 Å². The summed E-state index contributed by atoms with van der Waals surface area (Å²) in [6.45, 7) is -2.74. The van der Waals surface area contributed by atoms with E-state index in [4.69, 9.17) is 24.4 Å². The zero-order chi connectivity index (χ0) is 26.1. The second-order valence-electron chi connectivity index (χ2n) is 6.61. The molecule has 0 bridgehead atoms. The molecule has 0 saturated carbocycles. The maximum atomic E-state index is 12.5. The molecule has 0 aliphatic heterocycles. The summed E-state index contributed by atoms with van der Waals surface area (Å²) < 4.78 is 75.6. The van der Waals surface area contributed by atoms with Gasteiger partial charge in [0.25, 0.3) is 0 Å². The Morgan fingerprint density at radius 1 is 0.686 bits per heavy atom. The molecule has 2 aromatic rings. The number of hydrogen-bond acceptors (Lipinski definition) is 4. The minimum absolute atomic E-state index is 0.117. The van der Waals surface area contributed by atoms with Crippen molar-refractivity contribution in [2.75, 3.05) is 13.1 Å². The van der Waals surface area contributed by atoms with Gasteiger partial charge in [0.2, 0.25) is 0 Å². The predicted molar refractivity (Wildman–Crippen MR) is 133 cm³/mol. The third-order valence-electron chi connectivity index (χ3n) is 3.83. The number of alkyl halides is 6. The molecule has 2 rings (SSSR count). The van der Waals surface area contributed by atoms with Crippen LogP contribution in [0.2, 0.25) is 0 Å². The summed E-state index contributed by atoms with van der Waals surface area (Å²) in [5.74, 6) is 0. The van der Waals surface area contributed by atoms with Crippen molar-refractivity contribution < 1.29 is 26.3 Å². The quantitative estimate of drug-likeness (QED) is 0.161. The smallest absolute Gasteiger partial charge is 0.352 e. The Labute approximate surface area is 215 Å². The van der Waals surface area contributed by atoms with Gasteiger partial charge in [-0.05, 0) is 36.6 Å². The van der Waals surface area contributed by atoms with Gasteiger partial charge in [-0.25, -0.2) is 0 Å². The molecule has 0 aromatic heterocycles. The monoisotopic (exact) mass is 598 g/mol. The van der Waals surface area contributed by atoms with Crippen LogP contribution in [0.3, 0.4) is 0 Å². The maximum Gasteiger partial charge on any atom is 0.405 e. The Morgan fingerprint density at radius 2 is 1.09 bits per heavy atom. The van der Waals surface area contributed by atoms with Gasteiger partial charge in [0.05, 0.1) is 0 Å². The van der Waals surface area contributed by atoms with Crippen LogP contribution in [0.25, 0.3) is 0 Å². The van der Waals surface area contributed by atoms with E-state index in [0.717, 1.165) is 4.47 Å². The van der Waals surface area contributed by atoms with Crippen LogP contribution in [0.5, 0.6) is 0 Å². The Morgan fingerprint density at radius 3 is 1.49 bits per heavy atom. The van der Waals surface area contributed by atoms with Crippen molar-refractivity contribution in [2.45, 2.75) is 12.4 Å². The number of hydrogen-bond donors (Lipinski definition) is 4. The third-order valence-corrected chi connectivity index (χ3v) is 4.83. The van der Waals surface area contributed by atoms with Gasteiger partial charge in [0.1, 0.15) is 24.5 Å². The second-order valence-corrected chi connectivity index (χ2v) is 8.35. The van der Waals surface area contributed by atoms with E-state index in [2.05, 4.69) is 37.0 Å². The number of hydrazone groups is 2. The SMILES string of the molecule is FC(F)(F)CNC(=S)N/N=C(/C(=N/NC(=S)NCC(F)(F)F)c1ccc(Br)cc1)c1ccccc1. The summed E-state index contributed by atoms with van der Waals surface area (Å²) in [6.07, 6.45) is -8.99. The first-order chi connectivity index (χ1) is 16.3. The van der Waals surface area contributed by atoms with E-state index in [0.29, 0.717) is 11.1 Å². The normalized spacial score (nSPS) is 12.7. The minimum atomic E-state index is -4.50. The fraction of sp³-hybridized carbons (Fsp3) is 0.200. The van der Waals surface area contributed by atoms with Gasteiger partial charge in [-0.1, -0.05) is 58.4 Å². The van der Waals surface area contributed by atoms with E-state index < -0.39 is 35.7 Å². The third kappa shape index (κ3) is 11.0. The van der Waals surface area contributed by atoms with Gasteiger partial charge in [-0.15, -0.1) is 0 Å². The van der Waals surface area contributed by atoms with Crippen LogP contribution < -0.4 is 21.5 Å². The molecule has 188 valence electrons. The van der Waals surface area contributed by atoms with Crippen LogP contribution in [-0.2, 0) is 0 Å². The molecule has 0 heterocycles. The number of thiocarbonyl (C=S) groups is 2. The Bertz CT molecular complexity index is 1070. The van der Waals surface area contributed by atoms with Crippen LogP contribution >= 0.6 is 40.4 Å². The zero-order valence-electron chi connectivity index (χ0n) is 17.5. The van der Waals surface area contributed by atoms with E-state index in [1.165, 1.54) is 0 Å². The molecule has 6 nitrogen and oxygen atoms in total. The minimum Gasteiger partial charge on any atom is -0.352 e. The number of rotatable bonds is 7. The standard InChI is InChI=1S/C20H17BrF6N6S2/c21-14-8-6-13(7-9-14)16(31-33-18(35)29-11-20(25,26)27)15(12-4-2-1-3-5-12)30-32-17(34)28-10-19(22,23)24/h1-9H,10-11H2,(H2,28,32,34)(H2,29,33,35)/b30-15+,31-16+. The first-order valence-electron chi connectivity index (χ1n) is 9.52. The molecule has 0 amide bonds. The maximum absolute atomic E-state index is 12.5. The van der Waals surface area contributed by atoms with Crippen molar-refractivity contribution in [3.05, 3.63) is 70.2 Å². The summed E-state index contributed by atoms with van der Waals surface area (Å²) >= 11 is 13.0. The Kier molecular flexibility index (Phi) is 10.4. The van der Waals surface area contributed by atoms with E-state index >= 15 is 0 Å². The van der Waals surface area contributed by atoms with Gasteiger partial charge in [-0.3, -0.25) is 10.9 Å². The van der Waals surface area contributed by atoms with Crippen molar-refractivity contribution in [2.24, 2.45) is 10.2 Å². The van der Waals surface area contributed by atoms with Gasteiger partial charge in [0, 0.05) is 15.6 Å². The molecule has 0 radical (unpaired) electrons. The fourth-order valence-electron chi connectivity index (χ4n) is 2.37. The van der Waals surface area contributed by atoms with Gasteiger partial charge < -0.3 is 10.6 Å². The highest BCUT2D eigenvalue weighted by molar-refractivity contribution is 9.10. The number of halogens is 7. The molecule has 0 spiro atoms. The largest absolute Gasteiger partial charge is 0.405 e. The summed E-state index contributed by atoms with van der Waals surface area (Å²) in [4.78, 5) is 0. The highest BCUT2D eigenvalue weighted by Crippen LogP contribution is 2.15. The molecule has 2 aromatic carbocycles. The van der Waals surface area contributed by atoms with E-state index in [9.17, 15) is 26.3 Å². The fourth-order valence-corrected chi connectivity index (χ4v) is 2.87. The molecule has 4 N–H and O–H groups in total. The molecule has 0 fully saturated rings. The predicted octanol–water partition coefficient (Wildman–Crippen LogP) is 4.61. The second kappa shape index (κ2) is 12.8. The van der Waals surface area contributed by atoms with Crippen molar-refractivity contribution >= 4 is 62.0 Å². The number of nitrogens with zero attached hydrogens (tertiary/aromatic N) is 2. The highest BCUT2D eigenvalue weighted by Gasteiger charge is 2.28. The summed E-state index contributed by atoms with van der Waals surface area (Å²) in [7, 11) is 0. The van der Waals surface area contributed by atoms with Crippen LogP contribution in [0.4, 0.5) is 26.3 Å². The highest BCUT2D eigenvalue weighted by atomic mass is 79.9. The lowest BCUT2D eigenvalue weighted by Gasteiger charge is -2.15. The molecule has 0 unspecified atom stereocenters. The molecule has 0 saturated heterocycles. The van der Waals surface area contributed by atoms with Crippen LogP contribution in [0.15, 0.2) is 69.3 Å². The molecule has 15 heteroatoms. The average molecular weight is 599 g/mol. The van der Waals surface area contributed by atoms with Crippen molar-refractivity contribution in [1.82, 2.24) is 21.5 Å². The van der Waals surface area contributed by atoms with Crippen LogP contribution in [0, 0.1) is 0 Å². The number of nitrogens with one attached hydrogen (secondary N) is 4. The molecule has 0 aliphatic rings. The molecule has 0 aliphatic carbocycles. The van der Waals surface area contributed by atoms with Crippen LogP contribution in [-0.4, -0.2) is 47.1 Å². The van der Waals surface area contributed by atoms with Crippen molar-refractivity contribution in [1.29, 1.82) is 0 Å². The summed E-state index contributed by atoms with van der Waals surface area (Å²) in [5.41, 5.74) is 5.87.